The number of aromatic nitrogens is 1. The summed E-state index contributed by atoms with van der Waals surface area (Å²) in [5, 5.41) is 2.75. The number of thiol groups is 1. The van der Waals surface area contributed by atoms with E-state index < -0.39 is 23.6 Å². The van der Waals surface area contributed by atoms with Gasteiger partial charge in [-0.25, -0.2) is 17.9 Å². The maximum absolute atomic E-state index is 15.1. The summed E-state index contributed by atoms with van der Waals surface area (Å²) in [5.74, 6) is -0.602. The minimum atomic E-state index is -0.883. The summed E-state index contributed by atoms with van der Waals surface area (Å²) in [6.07, 6.45) is 1.39. The average molecular weight is 611 g/mol. The highest BCUT2D eigenvalue weighted by Gasteiger charge is 2.19. The predicted octanol–water partition coefficient (Wildman–Crippen LogP) is 6.16. The number of pyridine rings is 1. The Morgan fingerprint density at radius 3 is 2.35 bits per heavy atom. The van der Waals surface area contributed by atoms with Gasteiger partial charge in [-0.05, 0) is 55.1 Å². The molecule has 9 nitrogen and oxygen atoms in total. The largest absolute Gasteiger partial charge is 0.493 e. The molecule has 3 amide bonds. The quantitative estimate of drug-likeness (QED) is 0.186. The van der Waals surface area contributed by atoms with Crippen molar-refractivity contribution < 1.29 is 32.6 Å². The first-order valence-electron chi connectivity index (χ1n) is 13.6. The lowest BCUT2D eigenvalue weighted by molar-refractivity contribution is -0.119. The average Bonchev–Trinajstić information content (AvgIpc) is 3.00. The van der Waals surface area contributed by atoms with Crippen LogP contribution in [0.4, 0.5) is 19.3 Å². The van der Waals surface area contributed by atoms with E-state index in [9.17, 15) is 14.0 Å². The zero-order chi connectivity index (χ0) is 30.9. The molecular formula is C31H32F2N4O5S. The highest BCUT2D eigenvalue weighted by Crippen LogP contribution is 2.38. The number of urea groups is 1. The number of carbonyl (C=O) groups is 2. The number of likely N-dealkylation sites (N-methyl/N-ethyl adjacent to an activating group) is 1. The third-order valence-corrected chi connectivity index (χ3v) is 7.06. The van der Waals surface area contributed by atoms with Crippen LogP contribution in [-0.4, -0.2) is 55.2 Å². The molecular weight excluding hydrogens is 578 g/mol. The van der Waals surface area contributed by atoms with Gasteiger partial charge in [-0.2, -0.15) is 0 Å². The molecule has 12 heteroatoms. The molecule has 0 bridgehead atoms. The van der Waals surface area contributed by atoms with Gasteiger partial charge >= 0.3 is 6.03 Å². The van der Waals surface area contributed by atoms with E-state index in [0.717, 1.165) is 30.0 Å². The third kappa shape index (κ3) is 8.11. The molecule has 1 heterocycles. The van der Waals surface area contributed by atoms with E-state index in [1.165, 1.54) is 43.5 Å². The van der Waals surface area contributed by atoms with Crippen LogP contribution in [0.5, 0.6) is 23.0 Å². The lowest BCUT2D eigenvalue weighted by Crippen LogP contribution is -2.39. The van der Waals surface area contributed by atoms with Gasteiger partial charge in [0, 0.05) is 30.3 Å². The Morgan fingerprint density at radius 1 is 0.930 bits per heavy atom. The number of amides is 3. The van der Waals surface area contributed by atoms with E-state index in [1.807, 2.05) is 0 Å². The van der Waals surface area contributed by atoms with Crippen molar-refractivity contribution in [3.63, 3.8) is 0 Å². The van der Waals surface area contributed by atoms with Gasteiger partial charge in [0.2, 0.25) is 5.91 Å². The molecule has 0 fully saturated rings. The smallest absolute Gasteiger partial charge is 0.338 e. The van der Waals surface area contributed by atoms with Crippen molar-refractivity contribution in [2.45, 2.75) is 20.3 Å². The maximum atomic E-state index is 15.1. The Hall–Kier alpha value is -4.42. The second-order valence-electron chi connectivity index (χ2n) is 9.39. The fourth-order valence-electron chi connectivity index (χ4n) is 4.26. The fraction of sp³-hybridized carbons (Fsp3) is 0.258. The number of imide groups is 1. The monoisotopic (exact) mass is 610 g/mol. The molecule has 226 valence electrons. The molecule has 0 aliphatic heterocycles. The lowest BCUT2D eigenvalue weighted by Gasteiger charge is -2.19. The Labute approximate surface area is 253 Å². The molecule has 4 aromatic rings. The number of benzene rings is 3. The Kier molecular flexibility index (Phi) is 10.7. The van der Waals surface area contributed by atoms with E-state index in [-0.39, 0.29) is 17.9 Å². The summed E-state index contributed by atoms with van der Waals surface area (Å²) in [4.78, 5) is 31.4. The normalized spacial score (nSPS) is 11.0. The van der Waals surface area contributed by atoms with Crippen LogP contribution in [0.25, 0.3) is 10.9 Å². The van der Waals surface area contributed by atoms with Crippen molar-refractivity contribution in [2.24, 2.45) is 0 Å². The SMILES string of the molecule is CCN(CC)CCOc1cc2nccc(Oc3ccc(N(S)C(=O)NC(=O)Cc4ccc(F)cc4)cc3F)c2cc1OC. The summed E-state index contributed by atoms with van der Waals surface area (Å²) in [6.45, 7) is 7.26. The second-order valence-corrected chi connectivity index (χ2v) is 9.79. The summed E-state index contributed by atoms with van der Waals surface area (Å²) in [5.41, 5.74) is 1.15. The molecule has 0 saturated heterocycles. The maximum Gasteiger partial charge on any atom is 0.338 e. The van der Waals surface area contributed by atoms with E-state index in [1.54, 1.807) is 24.4 Å². The Morgan fingerprint density at radius 2 is 1.67 bits per heavy atom. The lowest BCUT2D eigenvalue weighted by atomic mass is 10.1. The minimum Gasteiger partial charge on any atom is -0.493 e. The van der Waals surface area contributed by atoms with Gasteiger partial charge in [-0.1, -0.05) is 38.8 Å². The number of fused-ring (bicyclic) bond motifs is 1. The topological polar surface area (TPSA) is 93.2 Å². The molecule has 0 aliphatic rings. The standard InChI is InChI=1S/C31H32F2N4O5S/c1-4-36(5-2)14-15-41-29-19-25-23(18-28(29)40-3)26(12-13-34-25)42-27-11-10-22(17-24(27)33)37(43)31(39)35-30(38)16-20-6-8-21(32)9-7-20/h6-13,17-19,43H,4-5,14-16H2,1-3H3,(H,35,38,39). The zero-order valence-corrected chi connectivity index (χ0v) is 24.9. The van der Waals surface area contributed by atoms with Gasteiger partial charge in [0.05, 0.1) is 24.7 Å². The molecule has 43 heavy (non-hydrogen) atoms. The highest BCUT2D eigenvalue weighted by molar-refractivity contribution is 7.82. The molecule has 0 saturated carbocycles. The number of hydrogen-bond donors (Lipinski definition) is 2. The van der Waals surface area contributed by atoms with Gasteiger partial charge < -0.3 is 19.1 Å². The molecule has 0 radical (unpaired) electrons. The van der Waals surface area contributed by atoms with Crippen LogP contribution >= 0.6 is 12.8 Å². The summed E-state index contributed by atoms with van der Waals surface area (Å²) >= 11 is 4.11. The van der Waals surface area contributed by atoms with Crippen molar-refractivity contribution in [2.75, 3.05) is 37.7 Å². The molecule has 0 unspecified atom stereocenters. The Bertz CT molecular complexity index is 1580. The molecule has 1 aromatic heterocycles. The number of hydrogen-bond acceptors (Lipinski definition) is 8. The van der Waals surface area contributed by atoms with Crippen LogP contribution in [0.15, 0.2) is 66.9 Å². The van der Waals surface area contributed by atoms with Gasteiger partial charge in [-0.15, -0.1) is 0 Å². The number of nitrogens with zero attached hydrogens (tertiary/aromatic N) is 3. The van der Waals surface area contributed by atoms with Gasteiger partial charge in [0.25, 0.3) is 0 Å². The van der Waals surface area contributed by atoms with Crippen molar-refractivity contribution in [3.8, 4) is 23.0 Å². The van der Waals surface area contributed by atoms with Crippen molar-refractivity contribution >= 4 is 41.3 Å². The number of methoxy groups -OCH3 is 1. The van der Waals surface area contributed by atoms with Crippen LogP contribution in [0, 0.1) is 11.6 Å². The number of nitrogens with one attached hydrogen (secondary N) is 1. The minimum absolute atomic E-state index is 0.0630. The third-order valence-electron chi connectivity index (χ3n) is 6.64. The number of rotatable bonds is 12. The molecule has 0 atom stereocenters. The first-order chi connectivity index (χ1) is 20.7. The second kappa shape index (κ2) is 14.7. The van der Waals surface area contributed by atoms with Crippen LogP contribution in [0.2, 0.25) is 0 Å². The van der Waals surface area contributed by atoms with E-state index >= 15 is 4.39 Å². The van der Waals surface area contributed by atoms with Crippen molar-refractivity contribution in [3.05, 3.63) is 84.1 Å². The molecule has 3 aromatic carbocycles. The first kappa shape index (κ1) is 31.5. The van der Waals surface area contributed by atoms with Crippen LogP contribution in [-0.2, 0) is 11.2 Å². The molecule has 0 spiro atoms. The zero-order valence-electron chi connectivity index (χ0n) is 24.0. The number of carbonyl (C=O) groups excluding carboxylic acids is 2. The van der Waals surface area contributed by atoms with E-state index in [4.69, 9.17) is 14.2 Å². The van der Waals surface area contributed by atoms with E-state index in [0.29, 0.717) is 40.3 Å². The molecule has 4 rings (SSSR count). The molecule has 1 N–H and O–H groups in total. The van der Waals surface area contributed by atoms with Crippen LogP contribution < -0.4 is 23.8 Å². The van der Waals surface area contributed by atoms with Crippen molar-refractivity contribution in [1.82, 2.24) is 15.2 Å². The number of ether oxygens (including phenoxy) is 3. The Balaban J connectivity index is 1.45. The van der Waals surface area contributed by atoms with Gasteiger partial charge in [0.1, 0.15) is 18.2 Å². The fourth-order valence-corrected chi connectivity index (χ4v) is 4.43. The summed E-state index contributed by atoms with van der Waals surface area (Å²) < 4.78 is 46.4. The summed E-state index contributed by atoms with van der Waals surface area (Å²) in [7, 11) is 1.53. The molecule has 0 aliphatic carbocycles. The number of anilines is 1. The van der Waals surface area contributed by atoms with Crippen LogP contribution in [0.3, 0.4) is 0 Å². The predicted molar refractivity (Wildman–Crippen MR) is 163 cm³/mol. The van der Waals surface area contributed by atoms with Gasteiger partial charge in [-0.3, -0.25) is 15.1 Å². The van der Waals surface area contributed by atoms with Crippen LogP contribution in [0.1, 0.15) is 19.4 Å². The highest BCUT2D eigenvalue weighted by atomic mass is 32.1. The van der Waals surface area contributed by atoms with Gasteiger partial charge in [0.15, 0.2) is 23.1 Å². The van der Waals surface area contributed by atoms with E-state index in [2.05, 4.69) is 41.9 Å². The summed E-state index contributed by atoms with van der Waals surface area (Å²) in [6, 6.07) is 13.3. The van der Waals surface area contributed by atoms with Crippen molar-refractivity contribution in [1.29, 1.82) is 0 Å². The number of halogens is 2. The first-order valence-corrected chi connectivity index (χ1v) is 14.0.